The molecular weight excluding hydrogens is 330 g/mol. The van der Waals surface area contributed by atoms with Gasteiger partial charge in [-0.1, -0.05) is 98.5 Å². The number of rotatable bonds is 6. The molecule has 0 heterocycles. The summed E-state index contributed by atoms with van der Waals surface area (Å²) in [6.07, 6.45) is 3.27. The van der Waals surface area contributed by atoms with Gasteiger partial charge in [-0.2, -0.15) is 0 Å². The summed E-state index contributed by atoms with van der Waals surface area (Å²) >= 11 is 0. The molecule has 0 radical (unpaired) electrons. The molecule has 0 aliphatic carbocycles. The first-order valence-electron chi connectivity index (χ1n) is 9.19. The van der Waals surface area contributed by atoms with Gasteiger partial charge in [-0.15, -0.1) is 0 Å². The van der Waals surface area contributed by atoms with E-state index in [1.165, 1.54) is 22.5 Å². The molecule has 2 heteroatoms. The van der Waals surface area contributed by atoms with Crippen LogP contribution in [0, 0.1) is 0 Å². The van der Waals surface area contributed by atoms with Gasteiger partial charge in [-0.3, -0.25) is 0 Å². The van der Waals surface area contributed by atoms with Crippen LogP contribution in [-0.2, 0) is 6.42 Å². The highest BCUT2D eigenvalue weighted by Gasteiger charge is 2.27. The zero-order chi connectivity index (χ0) is 18.4. The fourth-order valence-electron chi connectivity index (χ4n) is 3.30. The molecule has 0 saturated heterocycles. The van der Waals surface area contributed by atoms with Crippen molar-refractivity contribution in [3.63, 3.8) is 0 Å². The first kappa shape index (κ1) is 18.2. The Labute approximate surface area is 158 Å². The van der Waals surface area contributed by atoms with Crippen LogP contribution in [0.2, 0.25) is 19.6 Å². The molecule has 0 N–H and O–H groups in total. The topological polar surface area (TPSA) is 3.24 Å². The lowest BCUT2D eigenvalue weighted by atomic mass is 10.1. The predicted molar refractivity (Wildman–Crippen MR) is 117 cm³/mol. The van der Waals surface area contributed by atoms with Crippen LogP contribution in [0.25, 0.3) is 6.08 Å². The minimum absolute atomic E-state index is 0.925. The molecule has 0 unspecified atom stereocenters. The Balaban J connectivity index is 2.09. The highest BCUT2D eigenvalue weighted by atomic mass is 28.3. The summed E-state index contributed by atoms with van der Waals surface area (Å²) in [5.41, 5.74) is 5.23. The van der Waals surface area contributed by atoms with Crippen molar-refractivity contribution in [3.05, 3.63) is 108 Å². The summed E-state index contributed by atoms with van der Waals surface area (Å²) in [4.78, 5) is 0. The Kier molecular flexibility index (Phi) is 5.74. The maximum atomic E-state index is 2.59. The second-order valence-corrected chi connectivity index (χ2v) is 12.3. The van der Waals surface area contributed by atoms with Crippen LogP contribution in [0.3, 0.4) is 0 Å². The van der Waals surface area contributed by atoms with E-state index in [1.54, 1.807) is 0 Å². The van der Waals surface area contributed by atoms with Crippen molar-refractivity contribution in [2.75, 3.05) is 4.57 Å². The molecule has 0 aliphatic heterocycles. The molecule has 3 rings (SSSR count). The average molecular weight is 358 g/mol. The first-order valence-corrected chi connectivity index (χ1v) is 12.6. The molecule has 0 spiro atoms. The quantitative estimate of drug-likeness (QED) is 0.449. The summed E-state index contributed by atoms with van der Waals surface area (Å²) < 4.78 is 2.59. The van der Waals surface area contributed by atoms with Crippen molar-refractivity contribution in [1.82, 2.24) is 0 Å². The molecule has 0 atom stereocenters. The zero-order valence-electron chi connectivity index (χ0n) is 15.9. The van der Waals surface area contributed by atoms with E-state index < -0.39 is 8.24 Å². The van der Waals surface area contributed by atoms with Gasteiger partial charge in [0.2, 0.25) is 0 Å². The van der Waals surface area contributed by atoms with Crippen molar-refractivity contribution in [1.29, 1.82) is 0 Å². The predicted octanol–water partition coefficient (Wildman–Crippen LogP) is 6.61. The minimum Gasteiger partial charge on any atom is -0.372 e. The van der Waals surface area contributed by atoms with Crippen LogP contribution >= 0.6 is 0 Å². The van der Waals surface area contributed by atoms with Crippen LogP contribution in [0.4, 0.5) is 5.69 Å². The Bertz CT molecular complexity index is 834. The van der Waals surface area contributed by atoms with Crippen LogP contribution < -0.4 is 4.57 Å². The summed E-state index contributed by atoms with van der Waals surface area (Å²) in [6, 6.07) is 32.2. The van der Waals surface area contributed by atoms with Gasteiger partial charge in [-0.05, 0) is 29.3 Å². The van der Waals surface area contributed by atoms with E-state index in [1.807, 2.05) is 0 Å². The molecule has 26 heavy (non-hydrogen) atoms. The Morgan fingerprint density at radius 2 is 1.23 bits per heavy atom. The lowest BCUT2D eigenvalue weighted by Crippen LogP contribution is -2.46. The second kappa shape index (κ2) is 8.20. The van der Waals surface area contributed by atoms with Crippen molar-refractivity contribution >= 4 is 20.0 Å². The van der Waals surface area contributed by atoms with Gasteiger partial charge in [0, 0.05) is 17.8 Å². The normalized spacial score (nSPS) is 12.0. The fourth-order valence-corrected chi connectivity index (χ4v) is 5.23. The molecule has 3 aromatic rings. The van der Waals surface area contributed by atoms with Gasteiger partial charge >= 0.3 is 0 Å². The van der Waals surface area contributed by atoms with E-state index in [4.69, 9.17) is 0 Å². The number of anilines is 1. The smallest absolute Gasteiger partial charge is 0.153 e. The van der Waals surface area contributed by atoms with Gasteiger partial charge < -0.3 is 4.57 Å². The van der Waals surface area contributed by atoms with E-state index in [-0.39, 0.29) is 0 Å². The van der Waals surface area contributed by atoms with Crippen molar-refractivity contribution < 1.29 is 0 Å². The molecule has 132 valence electrons. The lowest BCUT2D eigenvalue weighted by Gasteiger charge is -2.38. The molecule has 0 fully saturated rings. The van der Waals surface area contributed by atoms with Gasteiger partial charge in [-0.25, -0.2) is 0 Å². The Morgan fingerprint density at radius 3 is 1.77 bits per heavy atom. The van der Waals surface area contributed by atoms with E-state index >= 15 is 0 Å². The number of nitrogens with zero attached hydrogens (tertiary/aromatic N) is 1. The van der Waals surface area contributed by atoms with E-state index in [2.05, 4.69) is 121 Å². The third-order valence-corrected chi connectivity index (χ3v) is 6.22. The number of hydrogen-bond donors (Lipinski definition) is 0. The van der Waals surface area contributed by atoms with Crippen molar-refractivity contribution in [2.24, 2.45) is 0 Å². The van der Waals surface area contributed by atoms with Gasteiger partial charge in [0.15, 0.2) is 8.24 Å². The SMILES string of the molecule is C[Si](C)(C)N(/C(=C/c1ccccc1)Cc1ccccc1)c1ccccc1. The molecule has 0 aliphatic rings. The molecule has 0 saturated carbocycles. The number of benzene rings is 3. The summed E-state index contributed by atoms with van der Waals surface area (Å²) in [5.74, 6) is 0. The Morgan fingerprint density at radius 1 is 0.731 bits per heavy atom. The number of allylic oxidation sites excluding steroid dienone is 1. The fraction of sp³-hybridized carbons (Fsp3) is 0.167. The molecule has 0 bridgehead atoms. The average Bonchev–Trinajstić information content (AvgIpc) is 2.63. The van der Waals surface area contributed by atoms with E-state index in [0.29, 0.717) is 0 Å². The van der Waals surface area contributed by atoms with Crippen LogP contribution in [0.5, 0.6) is 0 Å². The summed E-state index contributed by atoms with van der Waals surface area (Å²) in [5, 5.41) is 0. The molecule has 3 aromatic carbocycles. The third-order valence-electron chi connectivity index (χ3n) is 4.33. The molecule has 1 nitrogen and oxygen atoms in total. The second-order valence-electron chi connectivity index (χ2n) is 7.55. The first-order chi connectivity index (χ1) is 12.5. The molecule has 0 aromatic heterocycles. The minimum atomic E-state index is -1.63. The Hall–Kier alpha value is -2.58. The monoisotopic (exact) mass is 357 g/mol. The van der Waals surface area contributed by atoms with Gasteiger partial charge in [0.05, 0.1) is 0 Å². The van der Waals surface area contributed by atoms with E-state index in [0.717, 1.165) is 6.42 Å². The van der Waals surface area contributed by atoms with Crippen LogP contribution in [0.15, 0.2) is 96.7 Å². The van der Waals surface area contributed by atoms with Crippen LogP contribution in [0.1, 0.15) is 11.1 Å². The van der Waals surface area contributed by atoms with Gasteiger partial charge in [0.1, 0.15) is 0 Å². The highest BCUT2D eigenvalue weighted by molar-refractivity contribution is 6.80. The molecular formula is C24H27NSi. The van der Waals surface area contributed by atoms with Crippen LogP contribution in [-0.4, -0.2) is 8.24 Å². The number of hydrogen-bond acceptors (Lipinski definition) is 1. The third kappa shape index (κ3) is 4.74. The maximum Gasteiger partial charge on any atom is 0.153 e. The van der Waals surface area contributed by atoms with E-state index in [9.17, 15) is 0 Å². The maximum absolute atomic E-state index is 2.59. The largest absolute Gasteiger partial charge is 0.372 e. The number of para-hydroxylation sites is 1. The lowest BCUT2D eigenvalue weighted by molar-refractivity contribution is 1.08. The summed E-state index contributed by atoms with van der Waals surface area (Å²) in [6.45, 7) is 7.22. The molecule has 0 amide bonds. The van der Waals surface area contributed by atoms with Crippen molar-refractivity contribution in [2.45, 2.75) is 26.1 Å². The van der Waals surface area contributed by atoms with Crippen molar-refractivity contribution in [3.8, 4) is 0 Å². The summed E-state index contributed by atoms with van der Waals surface area (Å²) in [7, 11) is -1.63. The standard InChI is InChI=1S/C24H27NSi/c1-26(2,3)25(23-17-11-6-12-18-23)24(19-21-13-7-4-8-14-21)20-22-15-9-5-10-16-22/h4-19H,20H2,1-3H3/b24-19+. The zero-order valence-corrected chi connectivity index (χ0v) is 16.9. The highest BCUT2D eigenvalue weighted by Crippen LogP contribution is 2.29. The van der Waals surface area contributed by atoms with Gasteiger partial charge in [0.25, 0.3) is 0 Å².